The number of nitrogens with zero attached hydrogens (tertiary/aromatic N) is 2. The highest BCUT2D eigenvalue weighted by Crippen LogP contribution is 2.19. The van der Waals surface area contributed by atoms with Crippen molar-refractivity contribution in [3.8, 4) is 17.7 Å². The molecule has 0 unspecified atom stereocenters. The maximum absolute atomic E-state index is 12.6. The fraction of sp³-hybridized carbons (Fsp3) is 0. The van der Waals surface area contributed by atoms with Gasteiger partial charge in [-0.25, -0.2) is 9.37 Å². The Morgan fingerprint density at radius 2 is 1.88 bits per heavy atom. The van der Waals surface area contributed by atoms with E-state index in [2.05, 4.69) is 4.98 Å². The molecule has 3 nitrogen and oxygen atoms in total. The summed E-state index contributed by atoms with van der Waals surface area (Å²) >= 11 is 0. The van der Waals surface area contributed by atoms with Gasteiger partial charge in [0.25, 0.3) is 0 Å². The predicted molar refractivity (Wildman–Crippen MR) is 55.4 cm³/mol. The van der Waals surface area contributed by atoms with Gasteiger partial charge in [0.2, 0.25) is 5.88 Å². The molecule has 1 heterocycles. The van der Waals surface area contributed by atoms with E-state index in [1.165, 1.54) is 24.3 Å². The first kappa shape index (κ1) is 10.1. The minimum absolute atomic E-state index is 0.277. The average Bonchev–Trinajstić information content (AvgIpc) is 2.32. The van der Waals surface area contributed by atoms with Crippen LogP contribution in [0.1, 0.15) is 5.69 Å². The van der Waals surface area contributed by atoms with Crippen LogP contribution in [-0.2, 0) is 0 Å². The lowest BCUT2D eigenvalue weighted by Gasteiger charge is -2.03. The first-order chi connectivity index (χ1) is 7.78. The SMILES string of the molecule is N#Cc1cccc(Oc2ccc(F)cc2)n1. The molecule has 0 atom stereocenters. The van der Waals surface area contributed by atoms with Crippen molar-refractivity contribution in [2.45, 2.75) is 0 Å². The topological polar surface area (TPSA) is 45.9 Å². The maximum Gasteiger partial charge on any atom is 0.220 e. The normalized spacial score (nSPS) is 9.50. The smallest absolute Gasteiger partial charge is 0.220 e. The summed E-state index contributed by atoms with van der Waals surface area (Å²) in [4.78, 5) is 3.93. The molecule has 0 spiro atoms. The molecule has 2 aromatic rings. The number of aromatic nitrogens is 1. The summed E-state index contributed by atoms with van der Waals surface area (Å²) < 4.78 is 18.0. The van der Waals surface area contributed by atoms with E-state index in [0.717, 1.165) is 0 Å². The summed E-state index contributed by atoms with van der Waals surface area (Å²) in [5.74, 6) is 0.459. The van der Waals surface area contributed by atoms with Gasteiger partial charge in [0.05, 0.1) is 0 Å². The van der Waals surface area contributed by atoms with Crippen LogP contribution in [0.25, 0.3) is 0 Å². The number of hydrogen-bond donors (Lipinski definition) is 0. The van der Waals surface area contributed by atoms with E-state index < -0.39 is 0 Å². The van der Waals surface area contributed by atoms with Crippen LogP contribution in [0.5, 0.6) is 11.6 Å². The van der Waals surface area contributed by atoms with Crippen LogP contribution in [0.2, 0.25) is 0 Å². The van der Waals surface area contributed by atoms with Gasteiger partial charge in [-0.1, -0.05) is 6.07 Å². The Bertz CT molecular complexity index is 531. The van der Waals surface area contributed by atoms with Crippen molar-refractivity contribution >= 4 is 0 Å². The number of benzene rings is 1. The van der Waals surface area contributed by atoms with Crippen molar-refractivity contribution in [2.24, 2.45) is 0 Å². The Morgan fingerprint density at radius 1 is 1.12 bits per heavy atom. The van der Waals surface area contributed by atoms with Gasteiger partial charge in [-0.05, 0) is 30.3 Å². The molecular weight excluding hydrogens is 207 g/mol. The minimum Gasteiger partial charge on any atom is -0.439 e. The number of ether oxygens (including phenoxy) is 1. The summed E-state index contributed by atoms with van der Waals surface area (Å²) in [5, 5.41) is 8.65. The largest absolute Gasteiger partial charge is 0.439 e. The molecule has 0 aliphatic carbocycles. The van der Waals surface area contributed by atoms with Gasteiger partial charge in [0.1, 0.15) is 23.3 Å². The third-order valence-electron chi connectivity index (χ3n) is 1.87. The Kier molecular flexibility index (Phi) is 2.79. The molecule has 1 aromatic heterocycles. The van der Waals surface area contributed by atoms with E-state index in [1.807, 2.05) is 6.07 Å². The predicted octanol–water partition coefficient (Wildman–Crippen LogP) is 2.88. The van der Waals surface area contributed by atoms with E-state index in [9.17, 15) is 4.39 Å². The van der Waals surface area contributed by atoms with Crippen molar-refractivity contribution in [1.82, 2.24) is 4.98 Å². The summed E-state index contributed by atoms with van der Waals surface area (Å²) in [5.41, 5.74) is 0.277. The van der Waals surface area contributed by atoms with E-state index in [1.54, 1.807) is 18.2 Å². The number of halogens is 1. The standard InChI is InChI=1S/C12H7FN2O/c13-9-4-6-11(7-5-9)16-12-3-1-2-10(8-14)15-12/h1-7H. The van der Waals surface area contributed by atoms with E-state index >= 15 is 0 Å². The summed E-state index contributed by atoms with van der Waals surface area (Å²) in [6.45, 7) is 0. The van der Waals surface area contributed by atoms with Gasteiger partial charge in [-0.3, -0.25) is 0 Å². The molecule has 78 valence electrons. The summed E-state index contributed by atoms with van der Waals surface area (Å²) in [6.07, 6.45) is 0. The Morgan fingerprint density at radius 3 is 2.56 bits per heavy atom. The molecule has 4 heteroatoms. The van der Waals surface area contributed by atoms with Crippen LogP contribution >= 0.6 is 0 Å². The zero-order valence-electron chi connectivity index (χ0n) is 8.22. The number of rotatable bonds is 2. The molecule has 0 N–H and O–H groups in total. The van der Waals surface area contributed by atoms with E-state index in [4.69, 9.17) is 10.00 Å². The second kappa shape index (κ2) is 4.41. The van der Waals surface area contributed by atoms with Gasteiger partial charge in [0, 0.05) is 6.07 Å². The van der Waals surface area contributed by atoms with Gasteiger partial charge < -0.3 is 4.74 Å². The molecule has 2 rings (SSSR count). The number of pyridine rings is 1. The van der Waals surface area contributed by atoms with Gasteiger partial charge in [-0.15, -0.1) is 0 Å². The molecule has 0 saturated carbocycles. The second-order valence-electron chi connectivity index (χ2n) is 3.03. The average molecular weight is 214 g/mol. The highest BCUT2D eigenvalue weighted by molar-refractivity contribution is 5.30. The van der Waals surface area contributed by atoms with Crippen molar-refractivity contribution in [1.29, 1.82) is 5.26 Å². The third kappa shape index (κ3) is 2.34. The summed E-state index contributed by atoms with van der Waals surface area (Å²) in [7, 11) is 0. The van der Waals surface area contributed by atoms with Crippen LogP contribution in [0.3, 0.4) is 0 Å². The lowest BCUT2D eigenvalue weighted by Crippen LogP contribution is -1.89. The molecule has 0 radical (unpaired) electrons. The molecule has 0 saturated heterocycles. The fourth-order valence-electron chi connectivity index (χ4n) is 1.16. The zero-order valence-corrected chi connectivity index (χ0v) is 8.22. The van der Waals surface area contributed by atoms with Gasteiger partial charge in [-0.2, -0.15) is 5.26 Å². The van der Waals surface area contributed by atoms with Crippen molar-refractivity contribution < 1.29 is 9.13 Å². The van der Waals surface area contributed by atoms with Crippen molar-refractivity contribution in [3.63, 3.8) is 0 Å². The van der Waals surface area contributed by atoms with E-state index in [-0.39, 0.29) is 11.5 Å². The molecule has 0 aliphatic heterocycles. The Hall–Kier alpha value is -2.41. The Labute approximate surface area is 91.7 Å². The molecule has 0 amide bonds. The van der Waals surface area contributed by atoms with E-state index in [0.29, 0.717) is 11.6 Å². The third-order valence-corrected chi connectivity index (χ3v) is 1.87. The van der Waals surface area contributed by atoms with Crippen molar-refractivity contribution in [2.75, 3.05) is 0 Å². The number of hydrogen-bond acceptors (Lipinski definition) is 3. The Balaban J connectivity index is 2.21. The van der Waals surface area contributed by atoms with Crippen LogP contribution in [0.15, 0.2) is 42.5 Å². The quantitative estimate of drug-likeness (QED) is 0.772. The highest BCUT2D eigenvalue weighted by Gasteiger charge is 2.00. The van der Waals surface area contributed by atoms with Crippen LogP contribution in [0.4, 0.5) is 4.39 Å². The molecule has 16 heavy (non-hydrogen) atoms. The van der Waals surface area contributed by atoms with Crippen molar-refractivity contribution in [3.05, 3.63) is 54.0 Å². The van der Waals surface area contributed by atoms with Crippen LogP contribution in [-0.4, -0.2) is 4.98 Å². The molecule has 0 fully saturated rings. The zero-order chi connectivity index (χ0) is 11.4. The van der Waals surface area contributed by atoms with Gasteiger partial charge in [0.15, 0.2) is 0 Å². The monoisotopic (exact) mass is 214 g/mol. The highest BCUT2D eigenvalue weighted by atomic mass is 19.1. The molecular formula is C12H7FN2O. The minimum atomic E-state index is -0.328. The lowest BCUT2D eigenvalue weighted by atomic mass is 10.3. The maximum atomic E-state index is 12.6. The summed E-state index contributed by atoms with van der Waals surface area (Å²) in [6, 6.07) is 12.4. The first-order valence-corrected chi connectivity index (χ1v) is 4.58. The van der Waals surface area contributed by atoms with Crippen LogP contribution < -0.4 is 4.74 Å². The van der Waals surface area contributed by atoms with Crippen LogP contribution in [0, 0.1) is 17.1 Å². The lowest BCUT2D eigenvalue weighted by molar-refractivity contribution is 0.461. The van der Waals surface area contributed by atoms with Gasteiger partial charge >= 0.3 is 0 Å². The molecule has 0 bridgehead atoms. The first-order valence-electron chi connectivity index (χ1n) is 4.58. The molecule has 0 aliphatic rings. The second-order valence-corrected chi connectivity index (χ2v) is 3.03. The fourth-order valence-corrected chi connectivity index (χ4v) is 1.16. The molecule has 1 aromatic carbocycles. The number of nitriles is 1.